The number of fused-ring (bicyclic) bond motifs is 2. The van der Waals surface area contributed by atoms with E-state index in [-0.39, 0.29) is 20.5 Å². The highest BCUT2D eigenvalue weighted by Gasteiger charge is 2.41. The number of nitrogens with two attached hydrogens (primary N) is 1. The quantitative estimate of drug-likeness (QED) is 0.132. The Balaban J connectivity index is 2.05. The average Bonchev–Trinajstić information content (AvgIpc) is 2.82. The van der Waals surface area contributed by atoms with Crippen molar-refractivity contribution in [3.8, 4) is 28.2 Å². The van der Waals surface area contributed by atoms with Gasteiger partial charge in [-0.15, -0.1) is 0 Å². The van der Waals surface area contributed by atoms with Gasteiger partial charge in [0.05, 0.1) is 15.6 Å². The van der Waals surface area contributed by atoms with E-state index in [9.17, 15) is 9.59 Å². The van der Waals surface area contributed by atoms with Gasteiger partial charge < -0.3 is 19.0 Å². The van der Waals surface area contributed by atoms with Crippen molar-refractivity contribution in [3.63, 3.8) is 0 Å². The summed E-state index contributed by atoms with van der Waals surface area (Å²) in [6, 6.07) is 11.5. The maximum absolute atomic E-state index is 13.8. The Bertz CT molecular complexity index is 1730. The minimum absolute atomic E-state index is 0.0246. The first kappa shape index (κ1) is 32.1. The van der Waals surface area contributed by atoms with Crippen LogP contribution in [0.1, 0.15) is 51.9 Å². The summed E-state index contributed by atoms with van der Waals surface area (Å²) in [7, 11) is -4.71. The summed E-state index contributed by atoms with van der Waals surface area (Å²) < 4.78 is 19.0. The highest BCUT2D eigenvalue weighted by molar-refractivity contribution is 6.75. The number of hydrogen-bond donors (Lipinski definition) is 1. The van der Waals surface area contributed by atoms with Gasteiger partial charge in [0.2, 0.25) is 5.43 Å². The van der Waals surface area contributed by atoms with E-state index < -0.39 is 22.6 Å². The van der Waals surface area contributed by atoms with Crippen LogP contribution in [0.3, 0.4) is 0 Å². The van der Waals surface area contributed by atoms with Gasteiger partial charge in [-0.25, -0.2) is 4.79 Å². The second kappa shape index (κ2) is 10.7. The molecule has 0 saturated heterocycles. The van der Waals surface area contributed by atoms with E-state index in [1.807, 2.05) is 13.1 Å². The van der Waals surface area contributed by atoms with Gasteiger partial charge in [0.25, 0.3) is 16.6 Å². The lowest BCUT2D eigenvalue weighted by Gasteiger charge is -2.36. The molecular weight excluding hydrogens is 605 g/mol. The van der Waals surface area contributed by atoms with E-state index >= 15 is 0 Å². The molecule has 1 aliphatic carbocycles. The summed E-state index contributed by atoms with van der Waals surface area (Å²) in [5.74, 6) is 0.346. The minimum atomic E-state index is -2.46. The SMILES string of the molecule is CC(C)(C)[Si](C)(C)OC(=O)c1ccc(N)cc1-c1c2cc(Cl)c(=O)cc-2oc2cc(O[Si](C)(C)C(C)(C)C)c(Cl)cc12. The predicted octanol–water partition coefficient (Wildman–Crippen LogP) is 10.00. The Labute approximate surface area is 259 Å². The molecule has 0 aromatic heterocycles. The third kappa shape index (κ3) is 6.00. The zero-order valence-electron chi connectivity index (χ0n) is 25.9. The van der Waals surface area contributed by atoms with Gasteiger partial charge >= 0.3 is 5.97 Å². The molecule has 1 heterocycles. The summed E-state index contributed by atoms with van der Waals surface area (Å²) in [6.07, 6.45) is 0. The molecule has 0 amide bonds. The van der Waals surface area contributed by atoms with E-state index in [1.54, 1.807) is 36.4 Å². The number of benzene rings is 3. The highest BCUT2D eigenvalue weighted by atomic mass is 35.5. The zero-order valence-corrected chi connectivity index (χ0v) is 29.4. The molecule has 2 aliphatic rings. The number of anilines is 1. The van der Waals surface area contributed by atoms with E-state index in [2.05, 4.69) is 54.6 Å². The van der Waals surface area contributed by atoms with Crippen molar-refractivity contribution in [2.75, 3.05) is 5.73 Å². The lowest BCUT2D eigenvalue weighted by Crippen LogP contribution is -2.43. The molecule has 42 heavy (non-hydrogen) atoms. The fraction of sp³-hybridized carbons (Fsp3) is 0.375. The molecule has 0 fully saturated rings. The molecule has 2 aromatic carbocycles. The number of halogens is 2. The van der Waals surface area contributed by atoms with Gasteiger partial charge in [-0.05, 0) is 72.2 Å². The molecule has 1 aliphatic heterocycles. The summed E-state index contributed by atoms with van der Waals surface area (Å²) in [4.78, 5) is 26.4. The van der Waals surface area contributed by atoms with Crippen molar-refractivity contribution in [2.45, 2.75) is 77.8 Å². The molecule has 6 nitrogen and oxygen atoms in total. The van der Waals surface area contributed by atoms with Crippen molar-refractivity contribution < 1.29 is 18.1 Å². The molecule has 0 spiro atoms. The van der Waals surface area contributed by atoms with E-state index in [0.717, 1.165) is 0 Å². The van der Waals surface area contributed by atoms with Crippen LogP contribution in [0.15, 0.2) is 51.7 Å². The van der Waals surface area contributed by atoms with Crippen LogP contribution < -0.4 is 15.6 Å². The summed E-state index contributed by atoms with van der Waals surface area (Å²) in [6.45, 7) is 21.0. The largest absolute Gasteiger partial charge is 0.542 e. The van der Waals surface area contributed by atoms with E-state index in [4.69, 9.17) is 42.2 Å². The second-order valence-corrected chi connectivity index (χ2v) is 24.1. The molecule has 0 unspecified atom stereocenters. The Morgan fingerprint density at radius 1 is 0.833 bits per heavy atom. The third-order valence-electron chi connectivity index (χ3n) is 8.68. The Hall–Kier alpha value is -2.79. The number of carbonyl (C=O) groups excluding carboxylic acids is 1. The van der Waals surface area contributed by atoms with Crippen LogP contribution in [0.5, 0.6) is 5.75 Å². The van der Waals surface area contributed by atoms with Gasteiger partial charge in [0, 0.05) is 34.3 Å². The lowest BCUT2D eigenvalue weighted by molar-refractivity contribution is 0.0713. The Kier molecular flexibility index (Phi) is 8.21. The van der Waals surface area contributed by atoms with Crippen molar-refractivity contribution in [2.24, 2.45) is 0 Å². The number of hydrogen-bond acceptors (Lipinski definition) is 6. The van der Waals surface area contributed by atoms with Crippen molar-refractivity contribution in [1.29, 1.82) is 0 Å². The molecule has 0 saturated carbocycles. The number of nitrogen functional groups attached to an aromatic ring is 1. The molecule has 224 valence electrons. The summed E-state index contributed by atoms with van der Waals surface area (Å²) >= 11 is 13.2. The molecule has 0 bridgehead atoms. The third-order valence-corrected chi connectivity index (χ3v) is 17.9. The molecule has 0 radical (unpaired) electrons. The average molecular weight is 645 g/mol. The maximum Gasteiger partial charge on any atom is 0.325 e. The van der Waals surface area contributed by atoms with Crippen molar-refractivity contribution in [3.05, 3.63) is 68.3 Å². The van der Waals surface area contributed by atoms with Gasteiger partial charge in [-0.2, -0.15) is 0 Å². The minimum Gasteiger partial charge on any atom is -0.542 e. The topological polar surface area (TPSA) is 91.8 Å². The van der Waals surface area contributed by atoms with Gasteiger partial charge in [-0.3, -0.25) is 4.79 Å². The number of carbonyl (C=O) groups is 1. The van der Waals surface area contributed by atoms with Crippen molar-refractivity contribution in [1.82, 2.24) is 0 Å². The fourth-order valence-electron chi connectivity index (χ4n) is 4.08. The van der Waals surface area contributed by atoms with Crippen LogP contribution in [0.2, 0.25) is 46.3 Å². The van der Waals surface area contributed by atoms with Crippen LogP contribution in [-0.4, -0.2) is 22.6 Å². The first-order valence-corrected chi connectivity index (χ1v) is 20.4. The van der Waals surface area contributed by atoms with E-state index in [0.29, 0.717) is 55.4 Å². The zero-order chi connectivity index (χ0) is 31.6. The number of rotatable bonds is 5. The van der Waals surface area contributed by atoms with Gasteiger partial charge in [0.1, 0.15) is 17.1 Å². The van der Waals surface area contributed by atoms with Crippen LogP contribution in [0.4, 0.5) is 5.69 Å². The molecule has 2 aromatic rings. The molecule has 4 rings (SSSR count). The second-order valence-electron chi connectivity index (χ2n) is 13.9. The monoisotopic (exact) mass is 643 g/mol. The van der Waals surface area contributed by atoms with Gasteiger partial charge in [0.15, 0.2) is 0 Å². The Morgan fingerprint density at radius 2 is 1.45 bits per heavy atom. The fourth-order valence-corrected chi connectivity index (χ4v) is 6.41. The van der Waals surface area contributed by atoms with Crippen LogP contribution in [-0.2, 0) is 4.43 Å². The maximum atomic E-state index is 13.8. The van der Waals surface area contributed by atoms with Crippen LogP contribution in [0.25, 0.3) is 33.4 Å². The Morgan fingerprint density at radius 3 is 2.05 bits per heavy atom. The van der Waals surface area contributed by atoms with E-state index in [1.165, 1.54) is 6.07 Å². The predicted molar refractivity (Wildman–Crippen MR) is 179 cm³/mol. The molecule has 2 N–H and O–H groups in total. The summed E-state index contributed by atoms with van der Waals surface area (Å²) in [5.41, 5.74) is 8.78. The molecular formula is C32H39Cl2NO5Si2. The normalized spacial score (nSPS) is 13.0. The van der Waals surface area contributed by atoms with Crippen molar-refractivity contribution >= 4 is 62.5 Å². The highest BCUT2D eigenvalue weighted by Crippen LogP contribution is 2.47. The first-order valence-electron chi connectivity index (χ1n) is 13.8. The molecule has 10 heteroatoms. The van der Waals surface area contributed by atoms with Gasteiger partial charge in [-0.1, -0.05) is 64.7 Å². The lowest BCUT2D eigenvalue weighted by atomic mass is 9.90. The summed E-state index contributed by atoms with van der Waals surface area (Å²) in [5, 5.41) is 0.775. The van der Waals surface area contributed by atoms with Crippen LogP contribution in [0, 0.1) is 0 Å². The standard InChI is InChI=1S/C32H39Cl2NO5Si2/c1-31(2,3)41(7,8)39-28-17-27-22(15-24(28)34)29(21-14-23(33)25(36)16-26(21)38-27)20-13-18(35)11-12-19(20)30(37)40-42(9,10)32(4,5)6/h11-17H,35H2,1-10H3. The molecule has 0 atom stereocenters. The van der Waals surface area contributed by atoms with Crippen LogP contribution >= 0.6 is 23.2 Å². The smallest absolute Gasteiger partial charge is 0.325 e. The first-order chi connectivity index (χ1) is 19.1.